The largest absolute Gasteiger partial charge is 0.495 e. The second-order valence-corrected chi connectivity index (χ2v) is 5.91. The van der Waals surface area contributed by atoms with Crippen LogP contribution >= 0.6 is 0 Å². The molecule has 0 saturated heterocycles. The van der Waals surface area contributed by atoms with Gasteiger partial charge in [0, 0.05) is 30.6 Å². The number of aromatic nitrogens is 3. The van der Waals surface area contributed by atoms with Gasteiger partial charge in [-0.3, -0.25) is 9.78 Å². The highest BCUT2D eigenvalue weighted by Crippen LogP contribution is 2.31. The quantitative estimate of drug-likeness (QED) is 0.478. The molecule has 144 valence electrons. The Hall–Kier alpha value is -3.72. The van der Waals surface area contributed by atoms with Crippen molar-refractivity contribution in [3.05, 3.63) is 54.6 Å². The zero-order valence-electron chi connectivity index (χ0n) is 15.4. The third-order valence-electron chi connectivity index (χ3n) is 3.86. The zero-order valence-corrected chi connectivity index (χ0v) is 15.4. The van der Waals surface area contributed by atoms with E-state index in [1.54, 1.807) is 36.7 Å². The molecule has 0 aliphatic carbocycles. The molecule has 1 aromatic carbocycles. The molecule has 0 spiro atoms. The highest BCUT2D eigenvalue weighted by molar-refractivity contribution is 5.89. The fraction of sp³-hybridized carbons (Fsp3) is 0.158. The number of amides is 1. The van der Waals surface area contributed by atoms with Crippen molar-refractivity contribution < 1.29 is 14.6 Å². The molecule has 28 heavy (non-hydrogen) atoms. The van der Waals surface area contributed by atoms with Gasteiger partial charge in [0.15, 0.2) is 6.23 Å². The number of carbonyl (C=O) groups excluding carboxylic acids is 1. The van der Waals surface area contributed by atoms with Crippen molar-refractivity contribution >= 4 is 23.1 Å². The van der Waals surface area contributed by atoms with Gasteiger partial charge in [0.05, 0.1) is 24.7 Å². The first-order valence-electron chi connectivity index (χ1n) is 8.41. The number of nitrogens with two attached hydrogens (primary N) is 1. The number of hydrogen-bond acceptors (Lipinski definition) is 8. The Morgan fingerprint density at radius 3 is 2.79 bits per heavy atom. The molecule has 0 aliphatic heterocycles. The lowest BCUT2D eigenvalue weighted by Crippen LogP contribution is -2.16. The van der Waals surface area contributed by atoms with Crippen LogP contribution in [0.4, 0.5) is 17.2 Å². The summed E-state index contributed by atoms with van der Waals surface area (Å²) in [6, 6.07) is 8.60. The van der Waals surface area contributed by atoms with E-state index in [0.717, 1.165) is 5.56 Å². The first-order valence-corrected chi connectivity index (χ1v) is 8.41. The summed E-state index contributed by atoms with van der Waals surface area (Å²) >= 11 is 0. The predicted molar refractivity (Wildman–Crippen MR) is 106 cm³/mol. The van der Waals surface area contributed by atoms with Crippen molar-refractivity contribution in [1.82, 2.24) is 15.0 Å². The van der Waals surface area contributed by atoms with E-state index in [2.05, 4.69) is 25.6 Å². The van der Waals surface area contributed by atoms with Crippen molar-refractivity contribution in [3.8, 4) is 17.0 Å². The third kappa shape index (κ3) is 4.33. The van der Waals surface area contributed by atoms with Crippen molar-refractivity contribution in [1.29, 1.82) is 0 Å². The van der Waals surface area contributed by atoms with Crippen LogP contribution in [0.2, 0.25) is 0 Å². The molecule has 3 rings (SSSR count). The van der Waals surface area contributed by atoms with Crippen LogP contribution in [0.3, 0.4) is 0 Å². The number of methoxy groups -OCH3 is 1. The third-order valence-corrected chi connectivity index (χ3v) is 3.86. The normalized spacial score (nSPS) is 11.5. The minimum Gasteiger partial charge on any atom is -0.495 e. The number of nitrogens with one attached hydrogen (secondary N) is 2. The van der Waals surface area contributed by atoms with E-state index in [-0.39, 0.29) is 17.4 Å². The summed E-state index contributed by atoms with van der Waals surface area (Å²) in [6.07, 6.45) is 3.55. The van der Waals surface area contributed by atoms with Gasteiger partial charge in [-0.05, 0) is 30.3 Å². The van der Waals surface area contributed by atoms with Gasteiger partial charge >= 0.3 is 0 Å². The fourth-order valence-corrected chi connectivity index (χ4v) is 2.58. The predicted octanol–water partition coefficient (Wildman–Crippen LogP) is 2.19. The molecule has 1 unspecified atom stereocenters. The van der Waals surface area contributed by atoms with Gasteiger partial charge in [-0.25, -0.2) is 9.97 Å². The maximum Gasteiger partial charge on any atom is 0.221 e. The molecule has 9 heteroatoms. The van der Waals surface area contributed by atoms with Crippen LogP contribution < -0.4 is 21.1 Å². The number of ether oxygens (including phenoxy) is 1. The number of rotatable bonds is 6. The maximum absolute atomic E-state index is 11.3. The number of hydrogen-bond donors (Lipinski definition) is 4. The molecule has 0 saturated carbocycles. The summed E-state index contributed by atoms with van der Waals surface area (Å²) in [5.74, 6) is 0.351. The van der Waals surface area contributed by atoms with Gasteiger partial charge in [0.1, 0.15) is 17.3 Å². The van der Waals surface area contributed by atoms with Gasteiger partial charge in [0.25, 0.3) is 0 Å². The Kier molecular flexibility index (Phi) is 5.66. The number of pyridine rings is 1. The number of aliphatic hydroxyl groups is 1. The Bertz CT molecular complexity index is 981. The molecule has 0 bridgehead atoms. The summed E-state index contributed by atoms with van der Waals surface area (Å²) < 4.78 is 5.30. The van der Waals surface area contributed by atoms with Gasteiger partial charge in [-0.15, -0.1) is 0 Å². The molecule has 2 heterocycles. The first-order chi connectivity index (χ1) is 13.5. The molecule has 0 aliphatic rings. The van der Waals surface area contributed by atoms with E-state index in [1.165, 1.54) is 20.2 Å². The second kappa shape index (κ2) is 8.31. The molecule has 1 atom stereocenters. The minimum absolute atomic E-state index is 0.0876. The Balaban J connectivity index is 1.90. The maximum atomic E-state index is 11.3. The SMILES string of the molecule is COc1ccc(NC(C)=O)cc1NC(O)c1nc(-c2cccnc2)cnc1N. The number of benzene rings is 1. The summed E-state index contributed by atoms with van der Waals surface area (Å²) in [5, 5.41) is 16.2. The van der Waals surface area contributed by atoms with Crippen LogP contribution in [0, 0.1) is 0 Å². The molecule has 3 aromatic rings. The standard InChI is InChI=1S/C19H20N6O3/c1-11(26)23-13-5-6-16(28-2)14(8-13)25-19(27)17-18(20)22-10-15(24-17)12-4-3-7-21-9-12/h3-10,19,25,27H,1-2H3,(H2,20,22)(H,23,26). The van der Waals surface area contributed by atoms with Crippen LogP contribution in [-0.4, -0.2) is 33.1 Å². The summed E-state index contributed by atoms with van der Waals surface area (Å²) in [7, 11) is 1.50. The molecule has 5 N–H and O–H groups in total. The molecule has 0 radical (unpaired) electrons. The van der Waals surface area contributed by atoms with Gasteiger partial charge in [0.2, 0.25) is 5.91 Å². The van der Waals surface area contributed by atoms with Gasteiger partial charge in [-0.1, -0.05) is 0 Å². The van der Waals surface area contributed by atoms with Crippen molar-refractivity contribution in [2.24, 2.45) is 0 Å². The van der Waals surface area contributed by atoms with Crippen molar-refractivity contribution in [2.75, 3.05) is 23.5 Å². The highest BCUT2D eigenvalue weighted by Gasteiger charge is 2.18. The Labute approximate surface area is 161 Å². The number of aliphatic hydroxyl groups excluding tert-OH is 1. The second-order valence-electron chi connectivity index (χ2n) is 5.91. The molecule has 1 amide bonds. The van der Waals surface area contributed by atoms with Crippen LogP contribution in [0.1, 0.15) is 18.8 Å². The van der Waals surface area contributed by atoms with E-state index in [1.807, 2.05) is 6.07 Å². The number of nitrogens with zero attached hydrogens (tertiary/aromatic N) is 3. The van der Waals surface area contributed by atoms with Crippen LogP contribution in [0.15, 0.2) is 48.9 Å². The lowest BCUT2D eigenvalue weighted by molar-refractivity contribution is -0.114. The van der Waals surface area contributed by atoms with Crippen LogP contribution in [-0.2, 0) is 4.79 Å². The number of carbonyl (C=O) groups is 1. The fourth-order valence-electron chi connectivity index (χ4n) is 2.58. The molecular formula is C19H20N6O3. The highest BCUT2D eigenvalue weighted by atomic mass is 16.5. The molecule has 9 nitrogen and oxygen atoms in total. The van der Waals surface area contributed by atoms with Crippen molar-refractivity contribution in [3.63, 3.8) is 0 Å². The van der Waals surface area contributed by atoms with E-state index < -0.39 is 6.23 Å². The van der Waals surface area contributed by atoms with Crippen LogP contribution in [0.5, 0.6) is 5.75 Å². The van der Waals surface area contributed by atoms with Crippen LogP contribution in [0.25, 0.3) is 11.3 Å². The lowest BCUT2D eigenvalue weighted by atomic mass is 10.2. The summed E-state index contributed by atoms with van der Waals surface area (Å²) in [4.78, 5) is 23.9. The monoisotopic (exact) mass is 380 g/mol. The lowest BCUT2D eigenvalue weighted by Gasteiger charge is -2.18. The van der Waals surface area contributed by atoms with Crippen molar-refractivity contribution in [2.45, 2.75) is 13.2 Å². The number of anilines is 3. The number of nitrogen functional groups attached to an aromatic ring is 1. The first kappa shape index (κ1) is 19.1. The average Bonchev–Trinajstić information content (AvgIpc) is 2.68. The Morgan fingerprint density at radius 2 is 2.11 bits per heavy atom. The minimum atomic E-state index is -1.26. The van der Waals surface area contributed by atoms with E-state index in [9.17, 15) is 9.90 Å². The average molecular weight is 380 g/mol. The smallest absolute Gasteiger partial charge is 0.221 e. The topological polar surface area (TPSA) is 135 Å². The summed E-state index contributed by atoms with van der Waals surface area (Å²) in [6.45, 7) is 1.41. The molecular weight excluding hydrogens is 360 g/mol. The molecule has 0 fully saturated rings. The van der Waals surface area contributed by atoms with E-state index in [4.69, 9.17) is 10.5 Å². The van der Waals surface area contributed by atoms with E-state index in [0.29, 0.717) is 22.8 Å². The van der Waals surface area contributed by atoms with E-state index >= 15 is 0 Å². The van der Waals surface area contributed by atoms with Gasteiger partial charge < -0.3 is 26.2 Å². The molecule has 2 aromatic heterocycles. The zero-order chi connectivity index (χ0) is 20.1. The van der Waals surface area contributed by atoms with Gasteiger partial charge in [-0.2, -0.15) is 0 Å². The summed E-state index contributed by atoms with van der Waals surface area (Å²) in [5.41, 5.74) is 8.34. The Morgan fingerprint density at radius 1 is 1.29 bits per heavy atom.